The van der Waals surface area contributed by atoms with E-state index in [4.69, 9.17) is 18.6 Å². The molecule has 1 aromatic heterocycles. The second-order valence-corrected chi connectivity index (χ2v) is 7.33. The Morgan fingerprint density at radius 2 is 1.71 bits per heavy atom. The Hall–Kier alpha value is -2.52. The van der Waals surface area contributed by atoms with Crippen molar-refractivity contribution in [3.63, 3.8) is 0 Å². The Morgan fingerprint density at radius 1 is 1.04 bits per heavy atom. The Bertz CT molecular complexity index is 1040. The average molecular weight is 512 g/mol. The average Bonchev–Trinajstić information content (AvgIpc) is 3.12. The van der Waals surface area contributed by atoms with E-state index in [1.165, 1.54) is 20.4 Å². The molecule has 0 aliphatic carbocycles. The van der Waals surface area contributed by atoms with Gasteiger partial charge < -0.3 is 18.6 Å². The summed E-state index contributed by atoms with van der Waals surface area (Å²) < 4.78 is 23.1. The minimum absolute atomic E-state index is 0.139. The number of fused-ring (bicyclic) bond motifs is 1. The zero-order valence-electron chi connectivity index (χ0n) is 15.2. The van der Waals surface area contributed by atoms with Crippen LogP contribution in [0.1, 0.15) is 16.1 Å². The molecule has 0 saturated carbocycles. The summed E-state index contributed by atoms with van der Waals surface area (Å²) in [6.45, 7) is 0. The SMILES string of the molecule is COc1cc(OC)c(/C=N\NC(=O)c2cc3cc(Br)cc(Br)c3o2)c(OC)c1. The van der Waals surface area contributed by atoms with E-state index in [2.05, 4.69) is 42.4 Å². The predicted octanol–water partition coefficient (Wildman–Crippen LogP) is 4.75. The maximum Gasteiger partial charge on any atom is 0.307 e. The van der Waals surface area contributed by atoms with E-state index in [9.17, 15) is 4.79 Å². The molecular formula is C19H16Br2N2O5. The van der Waals surface area contributed by atoms with Gasteiger partial charge in [0.25, 0.3) is 0 Å². The van der Waals surface area contributed by atoms with E-state index < -0.39 is 5.91 Å². The molecule has 3 rings (SSSR count). The molecule has 0 bridgehead atoms. The highest BCUT2D eigenvalue weighted by atomic mass is 79.9. The van der Waals surface area contributed by atoms with Crippen molar-refractivity contribution in [2.45, 2.75) is 0 Å². The Balaban J connectivity index is 1.83. The molecule has 0 spiro atoms. The van der Waals surface area contributed by atoms with Gasteiger partial charge in [-0.25, -0.2) is 5.43 Å². The van der Waals surface area contributed by atoms with Gasteiger partial charge in [0.1, 0.15) is 22.8 Å². The molecule has 28 heavy (non-hydrogen) atoms. The summed E-state index contributed by atoms with van der Waals surface area (Å²) in [5.41, 5.74) is 3.58. The van der Waals surface area contributed by atoms with E-state index >= 15 is 0 Å². The largest absolute Gasteiger partial charge is 0.496 e. The molecule has 0 aliphatic rings. The number of nitrogens with zero attached hydrogens (tertiary/aromatic N) is 1. The summed E-state index contributed by atoms with van der Waals surface area (Å²) in [5, 5.41) is 4.78. The van der Waals surface area contributed by atoms with Gasteiger partial charge in [-0.2, -0.15) is 5.10 Å². The van der Waals surface area contributed by atoms with Crippen LogP contribution in [0, 0.1) is 0 Å². The van der Waals surface area contributed by atoms with Crippen molar-refractivity contribution >= 4 is 55.0 Å². The molecule has 0 saturated heterocycles. The molecule has 9 heteroatoms. The van der Waals surface area contributed by atoms with Crippen LogP contribution in [-0.2, 0) is 0 Å². The van der Waals surface area contributed by atoms with Gasteiger partial charge in [0.15, 0.2) is 5.76 Å². The molecule has 1 N–H and O–H groups in total. The van der Waals surface area contributed by atoms with Crippen LogP contribution >= 0.6 is 31.9 Å². The first-order valence-corrected chi connectivity index (χ1v) is 9.57. The highest BCUT2D eigenvalue weighted by Crippen LogP contribution is 2.33. The van der Waals surface area contributed by atoms with Crippen molar-refractivity contribution in [2.24, 2.45) is 5.10 Å². The lowest BCUT2D eigenvalue weighted by atomic mass is 10.2. The van der Waals surface area contributed by atoms with Gasteiger partial charge in [-0.1, -0.05) is 15.9 Å². The molecule has 0 unspecified atom stereocenters. The first kappa shape index (κ1) is 20.2. The van der Waals surface area contributed by atoms with E-state index in [1.54, 1.807) is 25.3 Å². The molecule has 0 aliphatic heterocycles. The summed E-state index contributed by atoms with van der Waals surface area (Å²) >= 11 is 6.82. The van der Waals surface area contributed by atoms with Crippen molar-refractivity contribution in [3.05, 3.63) is 50.6 Å². The molecule has 146 valence electrons. The van der Waals surface area contributed by atoms with E-state index in [0.717, 1.165) is 14.3 Å². The summed E-state index contributed by atoms with van der Waals surface area (Å²) in [4.78, 5) is 12.4. The van der Waals surface area contributed by atoms with E-state index in [-0.39, 0.29) is 5.76 Å². The van der Waals surface area contributed by atoms with Gasteiger partial charge in [-0.05, 0) is 34.1 Å². The topological polar surface area (TPSA) is 82.3 Å². The Kier molecular flexibility index (Phi) is 6.25. The fourth-order valence-electron chi connectivity index (χ4n) is 2.56. The van der Waals surface area contributed by atoms with Crippen molar-refractivity contribution in [1.29, 1.82) is 0 Å². The molecule has 7 nitrogen and oxygen atoms in total. The minimum atomic E-state index is -0.484. The van der Waals surface area contributed by atoms with Gasteiger partial charge in [-0.15, -0.1) is 0 Å². The van der Waals surface area contributed by atoms with Gasteiger partial charge >= 0.3 is 5.91 Å². The van der Waals surface area contributed by atoms with Crippen LogP contribution in [0.2, 0.25) is 0 Å². The number of halogens is 2. The number of methoxy groups -OCH3 is 3. The Labute approximate surface area is 177 Å². The van der Waals surface area contributed by atoms with Crippen LogP contribution in [0.25, 0.3) is 11.0 Å². The highest BCUT2D eigenvalue weighted by Gasteiger charge is 2.15. The van der Waals surface area contributed by atoms with Gasteiger partial charge in [0.2, 0.25) is 0 Å². The number of amides is 1. The summed E-state index contributed by atoms with van der Waals surface area (Å²) in [5.74, 6) is 1.22. The van der Waals surface area contributed by atoms with E-state index in [0.29, 0.717) is 28.4 Å². The predicted molar refractivity (Wildman–Crippen MR) is 113 cm³/mol. The van der Waals surface area contributed by atoms with Crippen LogP contribution in [0.4, 0.5) is 0 Å². The molecule has 0 atom stereocenters. The quantitative estimate of drug-likeness (QED) is 0.381. The number of hydrazone groups is 1. The normalized spacial score (nSPS) is 11.0. The maximum absolute atomic E-state index is 12.4. The van der Waals surface area contributed by atoms with Gasteiger partial charge in [0.05, 0.1) is 37.6 Å². The van der Waals surface area contributed by atoms with Crippen molar-refractivity contribution in [2.75, 3.05) is 21.3 Å². The first-order valence-electron chi connectivity index (χ1n) is 7.98. The van der Waals surface area contributed by atoms with Crippen LogP contribution < -0.4 is 19.6 Å². The zero-order chi connectivity index (χ0) is 20.3. The van der Waals surface area contributed by atoms with Gasteiger partial charge in [0, 0.05) is 22.0 Å². The number of carbonyl (C=O) groups excluding carboxylic acids is 1. The van der Waals surface area contributed by atoms with Gasteiger partial charge in [-0.3, -0.25) is 4.79 Å². The smallest absolute Gasteiger partial charge is 0.307 e. The van der Waals surface area contributed by atoms with Crippen LogP contribution in [0.3, 0.4) is 0 Å². The van der Waals surface area contributed by atoms with E-state index in [1.807, 2.05) is 12.1 Å². The van der Waals surface area contributed by atoms with Crippen LogP contribution in [-0.4, -0.2) is 33.5 Å². The number of hydrogen-bond donors (Lipinski definition) is 1. The minimum Gasteiger partial charge on any atom is -0.496 e. The molecule has 1 heterocycles. The molecular weight excluding hydrogens is 496 g/mol. The number of furan rings is 1. The second-order valence-electron chi connectivity index (χ2n) is 5.56. The molecule has 0 radical (unpaired) electrons. The lowest BCUT2D eigenvalue weighted by Gasteiger charge is -2.12. The van der Waals surface area contributed by atoms with Crippen molar-refractivity contribution in [3.8, 4) is 17.2 Å². The molecule has 0 fully saturated rings. The highest BCUT2D eigenvalue weighted by molar-refractivity contribution is 9.11. The number of ether oxygens (including phenoxy) is 3. The standard InChI is InChI=1S/C19H16Br2N2O5/c1-25-12-7-15(26-2)13(16(8-12)27-3)9-22-23-19(24)17-5-10-4-11(20)6-14(21)18(10)28-17/h4-9H,1-3H3,(H,23,24)/b22-9-. The summed E-state index contributed by atoms with van der Waals surface area (Å²) in [6.07, 6.45) is 1.43. The number of rotatable bonds is 6. The Morgan fingerprint density at radius 3 is 2.32 bits per heavy atom. The fourth-order valence-corrected chi connectivity index (χ4v) is 3.90. The fraction of sp³-hybridized carbons (Fsp3) is 0.158. The third-order valence-corrected chi connectivity index (χ3v) is 4.92. The number of hydrogen-bond acceptors (Lipinski definition) is 6. The molecule has 2 aromatic carbocycles. The lowest BCUT2D eigenvalue weighted by Crippen LogP contribution is -2.16. The second kappa shape index (κ2) is 8.66. The third-order valence-electron chi connectivity index (χ3n) is 3.87. The van der Waals surface area contributed by atoms with Crippen molar-refractivity contribution < 1.29 is 23.4 Å². The summed E-state index contributed by atoms with van der Waals surface area (Å²) in [6, 6.07) is 8.73. The summed E-state index contributed by atoms with van der Waals surface area (Å²) in [7, 11) is 4.59. The maximum atomic E-state index is 12.4. The van der Waals surface area contributed by atoms with Crippen molar-refractivity contribution in [1.82, 2.24) is 5.43 Å². The molecule has 3 aromatic rings. The number of carbonyl (C=O) groups is 1. The van der Waals surface area contributed by atoms with Crippen LogP contribution in [0.5, 0.6) is 17.2 Å². The van der Waals surface area contributed by atoms with Crippen LogP contribution in [0.15, 0.2) is 48.8 Å². The monoisotopic (exact) mass is 510 g/mol. The lowest BCUT2D eigenvalue weighted by molar-refractivity contribution is 0.0929. The number of benzene rings is 2. The first-order chi connectivity index (χ1) is 13.5. The third kappa shape index (κ3) is 4.15. The number of nitrogens with one attached hydrogen (secondary N) is 1. The molecule has 1 amide bonds. The zero-order valence-corrected chi connectivity index (χ0v) is 18.4.